The zero-order valence-electron chi connectivity index (χ0n) is 14.4. The van der Waals surface area contributed by atoms with E-state index >= 15 is 0 Å². The van der Waals surface area contributed by atoms with Crippen LogP contribution in [0.1, 0.15) is 33.0 Å². The van der Waals surface area contributed by atoms with Crippen LogP contribution in [0.2, 0.25) is 0 Å². The van der Waals surface area contributed by atoms with Crippen molar-refractivity contribution < 1.29 is 4.79 Å². The molecule has 0 saturated heterocycles. The van der Waals surface area contributed by atoms with Gasteiger partial charge in [-0.15, -0.1) is 0 Å². The number of nitrogens with one attached hydrogen (secondary N) is 1. The first kappa shape index (κ1) is 16.9. The predicted octanol–water partition coefficient (Wildman–Crippen LogP) is 3.93. The van der Waals surface area contributed by atoms with E-state index in [4.69, 9.17) is 0 Å². The van der Waals surface area contributed by atoms with E-state index < -0.39 is 0 Å². The molecule has 0 atom stereocenters. The molecule has 0 radical (unpaired) electrons. The molecule has 0 aliphatic heterocycles. The minimum atomic E-state index is -0.0570. The van der Waals surface area contributed by atoms with Crippen LogP contribution >= 0.6 is 0 Å². The molecule has 23 heavy (non-hydrogen) atoms. The van der Waals surface area contributed by atoms with Gasteiger partial charge < -0.3 is 5.32 Å². The lowest BCUT2D eigenvalue weighted by Crippen LogP contribution is -2.30. The van der Waals surface area contributed by atoms with E-state index in [0.717, 1.165) is 5.69 Å². The van der Waals surface area contributed by atoms with Crippen LogP contribution in [0.4, 0.5) is 17.3 Å². The number of amides is 1. The SMILES string of the molecule is Cc1nc(Nc2ccccc2)cc(N(C)C(=O)CC(C)(C)C)n1. The first-order chi connectivity index (χ1) is 10.7. The molecule has 122 valence electrons. The molecule has 0 fully saturated rings. The molecule has 0 bridgehead atoms. The molecule has 0 saturated carbocycles. The summed E-state index contributed by atoms with van der Waals surface area (Å²) in [5, 5.41) is 3.24. The number of anilines is 3. The number of aromatic nitrogens is 2. The van der Waals surface area contributed by atoms with Gasteiger partial charge >= 0.3 is 0 Å². The zero-order valence-corrected chi connectivity index (χ0v) is 14.4. The molecule has 0 spiro atoms. The number of carbonyl (C=O) groups is 1. The summed E-state index contributed by atoms with van der Waals surface area (Å²) >= 11 is 0. The van der Waals surface area contributed by atoms with Crippen molar-refractivity contribution in [1.29, 1.82) is 0 Å². The number of para-hydroxylation sites is 1. The smallest absolute Gasteiger partial charge is 0.228 e. The highest BCUT2D eigenvalue weighted by molar-refractivity contribution is 5.92. The molecule has 2 aromatic rings. The third-order valence-electron chi connectivity index (χ3n) is 3.27. The molecular weight excluding hydrogens is 288 g/mol. The second-order valence-electron chi connectivity index (χ2n) is 6.84. The summed E-state index contributed by atoms with van der Waals surface area (Å²) in [5.41, 5.74) is 0.888. The van der Waals surface area contributed by atoms with Crippen LogP contribution in [0, 0.1) is 12.3 Å². The van der Waals surface area contributed by atoms with Crippen molar-refractivity contribution in [3.8, 4) is 0 Å². The Bertz CT molecular complexity index is 677. The van der Waals surface area contributed by atoms with Crippen LogP contribution in [-0.4, -0.2) is 22.9 Å². The minimum absolute atomic E-state index is 0.0428. The number of hydrogen-bond acceptors (Lipinski definition) is 4. The third kappa shape index (κ3) is 5.06. The van der Waals surface area contributed by atoms with E-state index in [0.29, 0.717) is 23.9 Å². The summed E-state index contributed by atoms with van der Waals surface area (Å²) in [7, 11) is 1.75. The Balaban J connectivity index is 2.21. The largest absolute Gasteiger partial charge is 0.340 e. The molecule has 5 nitrogen and oxygen atoms in total. The molecule has 0 unspecified atom stereocenters. The lowest BCUT2D eigenvalue weighted by molar-refractivity contribution is -0.120. The molecule has 1 aromatic heterocycles. The number of rotatable bonds is 4. The highest BCUT2D eigenvalue weighted by Crippen LogP contribution is 2.23. The fraction of sp³-hybridized carbons (Fsp3) is 0.389. The fourth-order valence-corrected chi connectivity index (χ4v) is 2.16. The standard InChI is InChI=1S/C18H24N4O/c1-13-19-15(21-14-9-7-6-8-10-14)11-16(20-13)22(5)17(23)12-18(2,3)4/h6-11H,12H2,1-5H3,(H,19,20,21). The van der Waals surface area contributed by atoms with Crippen molar-refractivity contribution in [1.82, 2.24) is 9.97 Å². The lowest BCUT2D eigenvalue weighted by Gasteiger charge is -2.23. The Labute approximate surface area is 137 Å². The number of benzene rings is 1. The van der Waals surface area contributed by atoms with Gasteiger partial charge in [-0.3, -0.25) is 9.69 Å². The summed E-state index contributed by atoms with van der Waals surface area (Å²) < 4.78 is 0. The summed E-state index contributed by atoms with van der Waals surface area (Å²) in [5.74, 6) is 1.94. The van der Waals surface area contributed by atoms with Crippen LogP contribution in [0.5, 0.6) is 0 Å². The van der Waals surface area contributed by atoms with E-state index in [1.54, 1.807) is 18.0 Å². The summed E-state index contributed by atoms with van der Waals surface area (Å²) in [6.07, 6.45) is 0.466. The van der Waals surface area contributed by atoms with Gasteiger partial charge in [0.1, 0.15) is 17.5 Å². The van der Waals surface area contributed by atoms with Gasteiger partial charge in [-0.1, -0.05) is 39.0 Å². The first-order valence-corrected chi connectivity index (χ1v) is 7.69. The number of hydrogen-bond donors (Lipinski definition) is 1. The second kappa shape index (κ2) is 6.77. The van der Waals surface area contributed by atoms with E-state index in [1.807, 2.05) is 58.0 Å². The van der Waals surface area contributed by atoms with Gasteiger partial charge in [-0.05, 0) is 24.5 Å². The molecule has 1 N–H and O–H groups in total. The maximum absolute atomic E-state index is 12.4. The van der Waals surface area contributed by atoms with Crippen molar-refractivity contribution in [2.24, 2.45) is 5.41 Å². The van der Waals surface area contributed by atoms with Crippen molar-refractivity contribution >= 4 is 23.2 Å². The van der Waals surface area contributed by atoms with Gasteiger partial charge in [0.2, 0.25) is 5.91 Å². The van der Waals surface area contributed by atoms with Gasteiger partial charge in [0.25, 0.3) is 0 Å². The second-order valence-corrected chi connectivity index (χ2v) is 6.84. The normalized spacial score (nSPS) is 11.2. The number of aryl methyl sites for hydroxylation is 1. The molecule has 1 heterocycles. The maximum atomic E-state index is 12.4. The quantitative estimate of drug-likeness (QED) is 0.929. The summed E-state index contributed by atoms with van der Waals surface area (Å²) in [4.78, 5) is 22.7. The van der Waals surface area contributed by atoms with Gasteiger partial charge in [0, 0.05) is 25.2 Å². The van der Waals surface area contributed by atoms with E-state index in [-0.39, 0.29) is 11.3 Å². The molecule has 2 rings (SSSR count). The Morgan fingerprint density at radius 2 is 1.83 bits per heavy atom. The van der Waals surface area contributed by atoms with E-state index in [2.05, 4.69) is 15.3 Å². The molecule has 1 aromatic carbocycles. The van der Waals surface area contributed by atoms with Crippen LogP contribution in [0.3, 0.4) is 0 Å². The fourth-order valence-electron chi connectivity index (χ4n) is 2.16. The van der Waals surface area contributed by atoms with Crippen molar-refractivity contribution in [2.45, 2.75) is 34.1 Å². The topological polar surface area (TPSA) is 58.1 Å². The highest BCUT2D eigenvalue weighted by atomic mass is 16.2. The van der Waals surface area contributed by atoms with Crippen LogP contribution < -0.4 is 10.2 Å². The molecule has 5 heteroatoms. The Hall–Kier alpha value is -2.43. The van der Waals surface area contributed by atoms with Gasteiger partial charge in [-0.25, -0.2) is 9.97 Å². The lowest BCUT2D eigenvalue weighted by atomic mass is 9.92. The maximum Gasteiger partial charge on any atom is 0.228 e. The van der Waals surface area contributed by atoms with E-state index in [9.17, 15) is 4.79 Å². The highest BCUT2D eigenvalue weighted by Gasteiger charge is 2.21. The first-order valence-electron chi connectivity index (χ1n) is 7.69. The Morgan fingerprint density at radius 1 is 1.17 bits per heavy atom. The van der Waals surface area contributed by atoms with Gasteiger partial charge in [0.15, 0.2) is 0 Å². The van der Waals surface area contributed by atoms with Crippen molar-refractivity contribution in [2.75, 3.05) is 17.3 Å². The minimum Gasteiger partial charge on any atom is -0.340 e. The van der Waals surface area contributed by atoms with Gasteiger partial charge in [-0.2, -0.15) is 0 Å². The molecular formula is C18H24N4O. The monoisotopic (exact) mass is 312 g/mol. The molecule has 0 aliphatic carbocycles. The summed E-state index contributed by atoms with van der Waals surface area (Å²) in [6, 6.07) is 11.6. The molecule has 1 amide bonds. The zero-order chi connectivity index (χ0) is 17.0. The predicted molar refractivity (Wildman–Crippen MR) is 94.0 cm³/mol. The van der Waals surface area contributed by atoms with Crippen molar-refractivity contribution in [3.63, 3.8) is 0 Å². The van der Waals surface area contributed by atoms with Crippen LogP contribution in [0.15, 0.2) is 36.4 Å². The Kier molecular flexibility index (Phi) is 4.98. The number of nitrogens with zero attached hydrogens (tertiary/aromatic N) is 3. The summed E-state index contributed by atoms with van der Waals surface area (Å²) in [6.45, 7) is 7.97. The van der Waals surface area contributed by atoms with Crippen LogP contribution in [-0.2, 0) is 4.79 Å². The third-order valence-corrected chi connectivity index (χ3v) is 3.27. The van der Waals surface area contributed by atoms with Gasteiger partial charge in [0.05, 0.1) is 0 Å². The molecule has 0 aliphatic rings. The Morgan fingerprint density at radius 3 is 2.43 bits per heavy atom. The number of carbonyl (C=O) groups excluding carboxylic acids is 1. The van der Waals surface area contributed by atoms with Crippen molar-refractivity contribution in [3.05, 3.63) is 42.2 Å². The average molecular weight is 312 g/mol. The van der Waals surface area contributed by atoms with E-state index in [1.165, 1.54) is 0 Å². The average Bonchev–Trinajstić information content (AvgIpc) is 2.45. The van der Waals surface area contributed by atoms with Crippen LogP contribution in [0.25, 0.3) is 0 Å².